The number of ketones is 1. The quantitative estimate of drug-likeness (QED) is 0.280. The van der Waals surface area contributed by atoms with Gasteiger partial charge in [-0.25, -0.2) is 0 Å². The van der Waals surface area contributed by atoms with Crippen LogP contribution in [0.4, 0.5) is 5.69 Å². The first-order chi connectivity index (χ1) is 16.7. The number of hydrogen-bond acceptors (Lipinski definition) is 5. The van der Waals surface area contributed by atoms with Crippen molar-refractivity contribution in [2.24, 2.45) is 0 Å². The first kappa shape index (κ1) is 24.2. The molecule has 0 aliphatic carbocycles. The van der Waals surface area contributed by atoms with E-state index in [1.807, 2.05) is 37.3 Å². The van der Waals surface area contributed by atoms with Crippen molar-refractivity contribution in [3.8, 4) is 5.75 Å². The summed E-state index contributed by atoms with van der Waals surface area (Å²) in [4.78, 5) is 32.2. The Kier molecular flexibility index (Phi) is 6.74. The molecule has 2 heterocycles. The van der Waals surface area contributed by atoms with Crippen LogP contribution < -0.4 is 9.64 Å². The van der Waals surface area contributed by atoms with Gasteiger partial charge < -0.3 is 9.84 Å². The topological polar surface area (TPSA) is 79.7 Å². The van der Waals surface area contributed by atoms with E-state index >= 15 is 0 Å². The van der Waals surface area contributed by atoms with Crippen LogP contribution in [-0.4, -0.2) is 28.4 Å². The van der Waals surface area contributed by atoms with Gasteiger partial charge in [0.15, 0.2) is 0 Å². The molecule has 35 heavy (non-hydrogen) atoms. The van der Waals surface area contributed by atoms with Gasteiger partial charge in [-0.1, -0.05) is 64.1 Å². The van der Waals surface area contributed by atoms with E-state index in [1.165, 1.54) is 17.3 Å². The molecule has 4 rings (SSSR count). The van der Waals surface area contributed by atoms with Gasteiger partial charge in [-0.2, -0.15) is 0 Å². The number of aliphatic hydroxyl groups excluding tert-OH is 1. The number of rotatable bonds is 6. The monoisotopic (exact) mass is 470 g/mol. The molecule has 0 bridgehead atoms. The molecule has 1 aromatic heterocycles. The van der Waals surface area contributed by atoms with Gasteiger partial charge in [0.2, 0.25) is 0 Å². The number of ether oxygens (including phenoxy) is 1. The smallest absolute Gasteiger partial charge is 0.300 e. The van der Waals surface area contributed by atoms with Crippen LogP contribution in [-0.2, 0) is 15.0 Å². The van der Waals surface area contributed by atoms with Crippen LogP contribution in [0.2, 0.25) is 0 Å². The normalized spacial score (nSPS) is 17.6. The highest BCUT2D eigenvalue weighted by molar-refractivity contribution is 6.51. The van der Waals surface area contributed by atoms with Crippen LogP contribution >= 0.6 is 0 Å². The molecule has 1 atom stereocenters. The Bertz CT molecular complexity index is 1260. The Morgan fingerprint density at radius 2 is 1.66 bits per heavy atom. The van der Waals surface area contributed by atoms with Crippen molar-refractivity contribution in [3.05, 3.63) is 95.3 Å². The average molecular weight is 471 g/mol. The summed E-state index contributed by atoms with van der Waals surface area (Å²) in [6.45, 7) is 8.85. The first-order valence-corrected chi connectivity index (χ1v) is 11.8. The molecule has 1 unspecified atom stereocenters. The Morgan fingerprint density at radius 1 is 1.00 bits per heavy atom. The molecule has 1 aliphatic rings. The second-order valence-corrected chi connectivity index (χ2v) is 9.59. The van der Waals surface area contributed by atoms with Crippen LogP contribution in [0, 0.1) is 0 Å². The third kappa shape index (κ3) is 4.69. The van der Waals surface area contributed by atoms with Gasteiger partial charge in [0, 0.05) is 18.0 Å². The highest BCUT2D eigenvalue weighted by Crippen LogP contribution is 2.45. The third-order valence-corrected chi connectivity index (χ3v) is 6.08. The number of carbonyl (C=O) groups is 2. The van der Waals surface area contributed by atoms with E-state index in [0.29, 0.717) is 23.6 Å². The molecule has 1 saturated heterocycles. The van der Waals surface area contributed by atoms with E-state index in [9.17, 15) is 14.7 Å². The van der Waals surface area contributed by atoms with Crippen molar-refractivity contribution in [3.63, 3.8) is 0 Å². The second-order valence-electron chi connectivity index (χ2n) is 9.59. The molecule has 6 heteroatoms. The summed E-state index contributed by atoms with van der Waals surface area (Å²) in [6.07, 6.45) is 3.87. The number of Topliss-reactive ketones (excluding diaryl/α,β-unsaturated/α-hetero) is 1. The van der Waals surface area contributed by atoms with Crippen LogP contribution in [0.1, 0.15) is 56.8 Å². The number of carbonyl (C=O) groups excluding carboxylic acids is 2. The predicted molar refractivity (Wildman–Crippen MR) is 136 cm³/mol. The molecule has 1 N–H and O–H groups in total. The molecule has 0 saturated carbocycles. The summed E-state index contributed by atoms with van der Waals surface area (Å²) in [7, 11) is 0. The van der Waals surface area contributed by atoms with Crippen molar-refractivity contribution in [1.29, 1.82) is 0 Å². The van der Waals surface area contributed by atoms with Gasteiger partial charge in [0.25, 0.3) is 11.7 Å². The lowest BCUT2D eigenvalue weighted by molar-refractivity contribution is -0.132. The number of hydrogen-bond donors (Lipinski definition) is 1. The maximum absolute atomic E-state index is 13.5. The number of anilines is 1. The number of nitrogens with zero attached hydrogens (tertiary/aromatic N) is 2. The van der Waals surface area contributed by atoms with Gasteiger partial charge in [-0.05, 0) is 47.2 Å². The van der Waals surface area contributed by atoms with E-state index in [4.69, 9.17) is 4.74 Å². The molecule has 1 aliphatic heterocycles. The number of amides is 1. The SMILES string of the molecule is CCCOc1ccccc1N1C(=O)C(=O)/C(=C(\O)c2ccncc2)C1c1ccc(C(C)(C)C)cc1. The van der Waals surface area contributed by atoms with Crippen LogP contribution in [0.25, 0.3) is 5.76 Å². The van der Waals surface area contributed by atoms with Crippen molar-refractivity contribution >= 4 is 23.1 Å². The Labute approximate surface area is 205 Å². The number of aromatic nitrogens is 1. The molecule has 1 amide bonds. The fourth-order valence-corrected chi connectivity index (χ4v) is 4.22. The van der Waals surface area contributed by atoms with Gasteiger partial charge in [-0.15, -0.1) is 0 Å². The molecule has 0 spiro atoms. The van der Waals surface area contributed by atoms with E-state index in [0.717, 1.165) is 17.5 Å². The molecular formula is C29H30N2O4. The summed E-state index contributed by atoms with van der Waals surface area (Å²) >= 11 is 0. The molecule has 180 valence electrons. The fourth-order valence-electron chi connectivity index (χ4n) is 4.22. The number of pyridine rings is 1. The largest absolute Gasteiger partial charge is 0.507 e. The zero-order valence-corrected chi connectivity index (χ0v) is 20.5. The van der Waals surface area contributed by atoms with Crippen LogP contribution in [0.5, 0.6) is 5.75 Å². The molecule has 2 aromatic carbocycles. The number of benzene rings is 2. The van der Waals surface area contributed by atoms with Crippen molar-refractivity contribution in [2.75, 3.05) is 11.5 Å². The van der Waals surface area contributed by atoms with E-state index < -0.39 is 17.7 Å². The van der Waals surface area contributed by atoms with Crippen molar-refractivity contribution < 1.29 is 19.4 Å². The molecule has 6 nitrogen and oxygen atoms in total. The zero-order valence-electron chi connectivity index (χ0n) is 20.5. The summed E-state index contributed by atoms with van der Waals surface area (Å²) in [5, 5.41) is 11.2. The Morgan fingerprint density at radius 3 is 2.29 bits per heavy atom. The number of para-hydroxylation sites is 2. The second kappa shape index (κ2) is 9.74. The lowest BCUT2D eigenvalue weighted by atomic mass is 9.85. The average Bonchev–Trinajstić information content (AvgIpc) is 3.12. The lowest BCUT2D eigenvalue weighted by Crippen LogP contribution is -2.30. The molecular weight excluding hydrogens is 440 g/mol. The van der Waals surface area contributed by atoms with Gasteiger partial charge in [-0.3, -0.25) is 19.5 Å². The zero-order chi connectivity index (χ0) is 25.2. The molecule has 1 fully saturated rings. The minimum absolute atomic E-state index is 0.0370. The maximum Gasteiger partial charge on any atom is 0.300 e. The fraction of sp³-hybridized carbons (Fsp3) is 0.276. The standard InChI is InChI=1S/C29H30N2O4/c1-5-18-35-23-9-7-6-8-22(23)31-25(19-10-12-21(13-11-19)29(2,3)4)24(27(33)28(31)34)26(32)20-14-16-30-17-15-20/h6-17,25,32H,5,18H2,1-4H3/b26-24-. The highest BCUT2D eigenvalue weighted by atomic mass is 16.5. The molecule has 3 aromatic rings. The summed E-state index contributed by atoms with van der Waals surface area (Å²) in [5.41, 5.74) is 2.73. The van der Waals surface area contributed by atoms with Gasteiger partial charge in [0.1, 0.15) is 11.5 Å². The van der Waals surface area contributed by atoms with Crippen LogP contribution in [0.15, 0.2) is 78.6 Å². The molecule has 0 radical (unpaired) electrons. The highest BCUT2D eigenvalue weighted by Gasteiger charge is 2.47. The minimum Gasteiger partial charge on any atom is -0.507 e. The Hall–Kier alpha value is -3.93. The third-order valence-electron chi connectivity index (χ3n) is 6.08. The number of aliphatic hydroxyl groups is 1. The lowest BCUT2D eigenvalue weighted by Gasteiger charge is -2.28. The van der Waals surface area contributed by atoms with E-state index in [2.05, 4.69) is 25.8 Å². The summed E-state index contributed by atoms with van der Waals surface area (Å²) in [6, 6.07) is 17.4. The van der Waals surface area contributed by atoms with Gasteiger partial charge >= 0.3 is 0 Å². The van der Waals surface area contributed by atoms with Crippen molar-refractivity contribution in [2.45, 2.75) is 45.6 Å². The first-order valence-electron chi connectivity index (χ1n) is 11.8. The van der Waals surface area contributed by atoms with E-state index in [1.54, 1.807) is 30.3 Å². The van der Waals surface area contributed by atoms with Crippen LogP contribution in [0.3, 0.4) is 0 Å². The summed E-state index contributed by atoms with van der Waals surface area (Å²) in [5.74, 6) is -1.17. The predicted octanol–water partition coefficient (Wildman–Crippen LogP) is 5.79. The van der Waals surface area contributed by atoms with E-state index in [-0.39, 0.29) is 16.7 Å². The summed E-state index contributed by atoms with van der Waals surface area (Å²) < 4.78 is 5.92. The minimum atomic E-state index is -0.816. The maximum atomic E-state index is 13.5. The van der Waals surface area contributed by atoms with Gasteiger partial charge in [0.05, 0.1) is 23.9 Å². The Balaban J connectivity index is 1.92. The van der Waals surface area contributed by atoms with Crippen molar-refractivity contribution in [1.82, 2.24) is 4.98 Å².